The van der Waals surface area contributed by atoms with Gasteiger partial charge in [0.15, 0.2) is 0 Å². The number of carbonyl (C=O) groups excluding carboxylic acids is 1. The summed E-state index contributed by atoms with van der Waals surface area (Å²) < 4.78 is 1.50. The molecule has 1 aromatic rings. The Morgan fingerprint density at radius 1 is 1.79 bits per heavy atom. The minimum absolute atomic E-state index is 0.00917. The normalized spacial score (nSPS) is 14.9. The molecule has 1 aliphatic rings. The van der Waals surface area contributed by atoms with Crippen molar-refractivity contribution in [2.45, 2.75) is 12.8 Å². The van der Waals surface area contributed by atoms with Crippen LogP contribution in [0.5, 0.6) is 0 Å². The molecule has 1 N–H and O–H groups in total. The van der Waals surface area contributed by atoms with E-state index >= 15 is 0 Å². The summed E-state index contributed by atoms with van der Waals surface area (Å²) in [6.45, 7) is 0. The molecule has 0 unspecified atom stereocenters. The standard InChI is InChI=1S/C9H10N4O/c1-13-8(7(4-10)5-11-13)12-9(14)6-2-3-6/h5-6H,2-3H2,1H3,(H,12,14). The molecular formula is C9H10N4O. The van der Waals surface area contributed by atoms with Crippen LogP contribution in [0.3, 0.4) is 0 Å². The highest BCUT2D eigenvalue weighted by atomic mass is 16.2. The van der Waals surface area contributed by atoms with E-state index < -0.39 is 0 Å². The molecule has 0 radical (unpaired) electrons. The van der Waals surface area contributed by atoms with Crippen LogP contribution in [-0.2, 0) is 11.8 Å². The van der Waals surface area contributed by atoms with E-state index in [1.165, 1.54) is 10.9 Å². The van der Waals surface area contributed by atoms with Crippen molar-refractivity contribution in [2.75, 3.05) is 5.32 Å². The van der Waals surface area contributed by atoms with Crippen molar-refractivity contribution in [2.24, 2.45) is 13.0 Å². The molecule has 1 fully saturated rings. The highest BCUT2D eigenvalue weighted by Gasteiger charge is 2.30. The van der Waals surface area contributed by atoms with E-state index in [4.69, 9.17) is 5.26 Å². The zero-order valence-corrected chi connectivity index (χ0v) is 7.82. The van der Waals surface area contributed by atoms with Crippen molar-refractivity contribution in [1.82, 2.24) is 9.78 Å². The van der Waals surface area contributed by atoms with Crippen LogP contribution in [0.1, 0.15) is 18.4 Å². The van der Waals surface area contributed by atoms with Crippen molar-refractivity contribution in [1.29, 1.82) is 5.26 Å². The number of carbonyl (C=O) groups is 1. The van der Waals surface area contributed by atoms with E-state index in [9.17, 15) is 4.79 Å². The average molecular weight is 190 g/mol. The Kier molecular flexibility index (Phi) is 1.97. The van der Waals surface area contributed by atoms with Crippen LogP contribution >= 0.6 is 0 Å². The van der Waals surface area contributed by atoms with E-state index in [1.54, 1.807) is 7.05 Å². The first kappa shape index (κ1) is 8.75. The fourth-order valence-corrected chi connectivity index (χ4v) is 1.23. The molecule has 14 heavy (non-hydrogen) atoms. The molecule has 0 aromatic carbocycles. The summed E-state index contributed by atoms with van der Waals surface area (Å²) in [5, 5.41) is 15.4. The number of amides is 1. The molecule has 1 heterocycles. The second-order valence-corrected chi connectivity index (χ2v) is 3.41. The Balaban J connectivity index is 2.18. The highest BCUT2D eigenvalue weighted by molar-refractivity contribution is 5.94. The Morgan fingerprint density at radius 2 is 2.50 bits per heavy atom. The number of nitriles is 1. The monoisotopic (exact) mass is 190 g/mol. The summed E-state index contributed by atoms with van der Waals surface area (Å²) in [4.78, 5) is 11.4. The summed E-state index contributed by atoms with van der Waals surface area (Å²) in [5.41, 5.74) is 0.404. The lowest BCUT2D eigenvalue weighted by atomic mass is 10.3. The second-order valence-electron chi connectivity index (χ2n) is 3.41. The van der Waals surface area contributed by atoms with Gasteiger partial charge in [0.25, 0.3) is 0 Å². The minimum atomic E-state index is -0.00917. The fourth-order valence-electron chi connectivity index (χ4n) is 1.23. The molecule has 1 amide bonds. The lowest BCUT2D eigenvalue weighted by Crippen LogP contribution is -2.16. The molecule has 2 rings (SSSR count). The SMILES string of the molecule is Cn1ncc(C#N)c1NC(=O)C1CC1. The smallest absolute Gasteiger partial charge is 0.228 e. The van der Waals surface area contributed by atoms with Gasteiger partial charge in [-0.25, -0.2) is 0 Å². The summed E-state index contributed by atoms with van der Waals surface area (Å²) in [5.74, 6) is 0.617. The molecule has 1 aromatic heterocycles. The van der Waals surface area contributed by atoms with Gasteiger partial charge in [0, 0.05) is 13.0 Å². The predicted octanol–water partition coefficient (Wildman–Crippen LogP) is 0.640. The van der Waals surface area contributed by atoms with E-state index in [2.05, 4.69) is 10.4 Å². The van der Waals surface area contributed by atoms with Gasteiger partial charge in [-0.3, -0.25) is 9.48 Å². The average Bonchev–Trinajstić information content (AvgIpc) is 2.95. The summed E-state index contributed by atoms with van der Waals surface area (Å²) >= 11 is 0. The molecule has 1 aliphatic carbocycles. The predicted molar refractivity (Wildman–Crippen MR) is 49.3 cm³/mol. The lowest BCUT2D eigenvalue weighted by Gasteiger charge is -2.04. The van der Waals surface area contributed by atoms with E-state index in [1.807, 2.05) is 6.07 Å². The molecule has 1 saturated carbocycles. The van der Waals surface area contributed by atoms with Gasteiger partial charge in [-0.1, -0.05) is 0 Å². The van der Waals surface area contributed by atoms with Crippen LogP contribution in [0.25, 0.3) is 0 Å². The Labute approximate surface area is 81.3 Å². The van der Waals surface area contributed by atoms with Gasteiger partial charge in [-0.15, -0.1) is 0 Å². The summed E-state index contributed by atoms with van der Waals surface area (Å²) in [6.07, 6.45) is 3.35. The third kappa shape index (κ3) is 1.46. The largest absolute Gasteiger partial charge is 0.310 e. The number of nitrogens with zero attached hydrogens (tertiary/aromatic N) is 3. The second kappa shape index (κ2) is 3.14. The molecule has 5 heteroatoms. The van der Waals surface area contributed by atoms with Gasteiger partial charge in [0.2, 0.25) is 5.91 Å². The highest BCUT2D eigenvalue weighted by Crippen LogP contribution is 2.30. The van der Waals surface area contributed by atoms with Crippen molar-refractivity contribution in [3.8, 4) is 6.07 Å². The number of rotatable bonds is 2. The number of aryl methyl sites for hydroxylation is 1. The van der Waals surface area contributed by atoms with Crippen LogP contribution in [0.2, 0.25) is 0 Å². The number of hydrogen-bond acceptors (Lipinski definition) is 3. The van der Waals surface area contributed by atoms with Crippen molar-refractivity contribution < 1.29 is 4.79 Å². The first-order valence-electron chi connectivity index (χ1n) is 4.45. The molecule has 0 saturated heterocycles. The first-order chi connectivity index (χ1) is 6.72. The van der Waals surface area contributed by atoms with Crippen LogP contribution in [0.4, 0.5) is 5.82 Å². The molecule has 5 nitrogen and oxygen atoms in total. The van der Waals surface area contributed by atoms with Gasteiger partial charge in [0.05, 0.1) is 6.20 Å². The maximum absolute atomic E-state index is 11.4. The summed E-state index contributed by atoms with van der Waals surface area (Å²) in [6, 6.07) is 1.98. The molecule has 0 aliphatic heterocycles. The van der Waals surface area contributed by atoms with Gasteiger partial charge in [-0.05, 0) is 12.8 Å². The zero-order valence-electron chi connectivity index (χ0n) is 7.82. The topological polar surface area (TPSA) is 70.7 Å². The number of nitrogens with one attached hydrogen (secondary N) is 1. The molecule has 0 bridgehead atoms. The van der Waals surface area contributed by atoms with Gasteiger partial charge in [-0.2, -0.15) is 10.4 Å². The fraction of sp³-hybridized carbons (Fsp3) is 0.444. The van der Waals surface area contributed by atoms with Crippen molar-refractivity contribution >= 4 is 11.7 Å². The van der Waals surface area contributed by atoms with Gasteiger partial charge < -0.3 is 5.32 Å². The van der Waals surface area contributed by atoms with E-state index in [-0.39, 0.29) is 11.8 Å². The Bertz CT molecular complexity index is 411. The van der Waals surface area contributed by atoms with E-state index in [0.717, 1.165) is 12.8 Å². The third-order valence-electron chi connectivity index (χ3n) is 2.25. The van der Waals surface area contributed by atoms with Gasteiger partial charge in [0.1, 0.15) is 17.5 Å². The number of aromatic nitrogens is 2. The Hall–Kier alpha value is -1.83. The van der Waals surface area contributed by atoms with Crippen LogP contribution in [-0.4, -0.2) is 15.7 Å². The maximum atomic E-state index is 11.4. The molecule has 0 spiro atoms. The van der Waals surface area contributed by atoms with E-state index in [0.29, 0.717) is 11.4 Å². The lowest BCUT2D eigenvalue weighted by molar-refractivity contribution is -0.117. The molecule has 0 atom stereocenters. The quantitative estimate of drug-likeness (QED) is 0.743. The number of hydrogen-bond donors (Lipinski definition) is 1. The van der Waals surface area contributed by atoms with Crippen LogP contribution in [0, 0.1) is 17.2 Å². The summed E-state index contributed by atoms with van der Waals surface area (Å²) in [7, 11) is 1.70. The molecular weight excluding hydrogens is 180 g/mol. The van der Waals surface area contributed by atoms with Crippen molar-refractivity contribution in [3.05, 3.63) is 11.8 Å². The zero-order chi connectivity index (χ0) is 10.1. The first-order valence-corrected chi connectivity index (χ1v) is 4.45. The van der Waals surface area contributed by atoms with Crippen LogP contribution in [0.15, 0.2) is 6.20 Å². The van der Waals surface area contributed by atoms with Crippen LogP contribution < -0.4 is 5.32 Å². The third-order valence-corrected chi connectivity index (χ3v) is 2.25. The Morgan fingerprint density at radius 3 is 3.07 bits per heavy atom. The molecule has 72 valence electrons. The maximum Gasteiger partial charge on any atom is 0.228 e. The van der Waals surface area contributed by atoms with Crippen molar-refractivity contribution in [3.63, 3.8) is 0 Å². The minimum Gasteiger partial charge on any atom is -0.310 e. The number of anilines is 1. The van der Waals surface area contributed by atoms with Gasteiger partial charge >= 0.3 is 0 Å².